The van der Waals surface area contributed by atoms with Crippen molar-refractivity contribution in [3.8, 4) is 5.75 Å². The molecule has 0 radical (unpaired) electrons. The summed E-state index contributed by atoms with van der Waals surface area (Å²) in [6.45, 7) is 2.62. The number of nitrogens with zero attached hydrogens (tertiary/aromatic N) is 1. The molecule has 1 aromatic rings. The second-order valence-corrected chi connectivity index (χ2v) is 6.42. The first-order valence-corrected chi connectivity index (χ1v) is 6.43. The number of amides is 1. The number of ether oxygens (including phenoxy) is 1. The van der Waals surface area contributed by atoms with Crippen LogP contribution in [0, 0.1) is 6.92 Å². The number of hydrogen-bond donors (Lipinski definition) is 0. The lowest BCUT2D eigenvalue weighted by Crippen LogP contribution is -2.48. The predicted octanol–water partition coefficient (Wildman–Crippen LogP) is 2.65. The minimum atomic E-state index is -0.171. The van der Waals surface area contributed by atoms with Gasteiger partial charge in [0.25, 0.3) is 0 Å². The van der Waals surface area contributed by atoms with Gasteiger partial charge in [-0.25, -0.2) is 0 Å². The van der Waals surface area contributed by atoms with E-state index >= 15 is 0 Å². The zero-order valence-corrected chi connectivity index (χ0v) is 11.2. The summed E-state index contributed by atoms with van der Waals surface area (Å²) in [4.78, 5) is 13.9. The van der Waals surface area contributed by atoms with Gasteiger partial charge in [0.15, 0.2) is 0 Å². The quantitative estimate of drug-likeness (QED) is 0.416. The smallest absolute Gasteiger partial charge is 0.228 e. The van der Waals surface area contributed by atoms with Crippen molar-refractivity contribution in [2.75, 3.05) is 11.5 Å². The van der Waals surface area contributed by atoms with Crippen LogP contribution in [0.25, 0.3) is 0 Å². The van der Waals surface area contributed by atoms with Crippen LogP contribution in [-0.4, -0.2) is 16.1 Å². The Hall–Kier alpha value is -0.780. The molecule has 16 heavy (non-hydrogen) atoms. The van der Waals surface area contributed by atoms with Gasteiger partial charge < -0.3 is 4.74 Å². The summed E-state index contributed by atoms with van der Waals surface area (Å²) in [7, 11) is 0. The van der Waals surface area contributed by atoms with E-state index in [0.29, 0.717) is 13.0 Å². The van der Waals surface area contributed by atoms with E-state index in [4.69, 9.17) is 4.74 Å². The Morgan fingerprint density at radius 2 is 2.31 bits per heavy atom. The zero-order valence-electron chi connectivity index (χ0n) is 9.00. The van der Waals surface area contributed by atoms with Gasteiger partial charge in [0.1, 0.15) is 15.9 Å². The molecule has 0 aliphatic carbocycles. The maximum atomic E-state index is 12.0. The molecular formula is C12H12INO2. The van der Waals surface area contributed by atoms with Crippen LogP contribution in [0.2, 0.25) is 0 Å². The predicted molar refractivity (Wildman–Crippen MR) is 70.1 cm³/mol. The molecule has 0 N–H and O–H groups in total. The molecule has 1 saturated heterocycles. The number of fused-ring (bicyclic) bond motifs is 3. The normalized spacial score (nSPS) is 27.4. The van der Waals surface area contributed by atoms with Gasteiger partial charge in [-0.05, 0) is 31.0 Å². The van der Waals surface area contributed by atoms with Crippen molar-refractivity contribution < 1.29 is 9.53 Å². The number of alkyl halides is 1. The van der Waals surface area contributed by atoms with Gasteiger partial charge in [-0.15, -0.1) is 0 Å². The van der Waals surface area contributed by atoms with Gasteiger partial charge in [-0.1, -0.05) is 28.7 Å². The molecule has 0 saturated carbocycles. The van der Waals surface area contributed by atoms with E-state index < -0.39 is 0 Å². The fourth-order valence-electron chi connectivity index (χ4n) is 2.35. The van der Waals surface area contributed by atoms with Crippen molar-refractivity contribution in [1.82, 2.24) is 0 Å². The molecule has 1 aromatic carbocycles. The molecule has 0 aromatic heterocycles. The third-order valence-corrected chi connectivity index (χ3v) is 4.51. The molecule has 0 unspecified atom stereocenters. The Kier molecular flexibility index (Phi) is 2.18. The average Bonchev–Trinajstić information content (AvgIpc) is 2.55. The Bertz CT molecular complexity index is 474. The van der Waals surface area contributed by atoms with Gasteiger partial charge in [-0.2, -0.15) is 0 Å². The van der Waals surface area contributed by atoms with E-state index in [1.807, 2.05) is 30.0 Å². The Balaban J connectivity index is 2.17. The molecule has 1 fully saturated rings. The molecule has 0 bridgehead atoms. The van der Waals surface area contributed by atoms with Crippen LogP contribution in [0.15, 0.2) is 18.2 Å². The molecule has 1 amide bonds. The van der Waals surface area contributed by atoms with Crippen molar-refractivity contribution in [3.05, 3.63) is 23.8 Å². The highest BCUT2D eigenvalue weighted by Gasteiger charge is 2.48. The van der Waals surface area contributed by atoms with Crippen LogP contribution < -0.4 is 9.64 Å². The van der Waals surface area contributed by atoms with Gasteiger partial charge in [0.05, 0.1) is 5.69 Å². The number of aryl methyl sites for hydroxylation is 1. The highest BCUT2D eigenvalue weighted by Crippen LogP contribution is 2.47. The summed E-state index contributed by atoms with van der Waals surface area (Å²) >= 11 is 2.35. The summed E-state index contributed by atoms with van der Waals surface area (Å²) in [6, 6.07) is 6.00. The molecule has 2 aliphatic heterocycles. The second kappa shape index (κ2) is 3.35. The largest absolute Gasteiger partial charge is 0.488 e. The van der Waals surface area contributed by atoms with Crippen molar-refractivity contribution >= 4 is 34.2 Å². The van der Waals surface area contributed by atoms with Crippen LogP contribution in [0.3, 0.4) is 0 Å². The number of anilines is 1. The maximum absolute atomic E-state index is 12.0. The molecule has 3 nitrogen and oxygen atoms in total. The number of benzene rings is 1. The summed E-state index contributed by atoms with van der Waals surface area (Å²) in [5.41, 5.74) is 2.09. The van der Waals surface area contributed by atoms with Gasteiger partial charge >= 0.3 is 0 Å². The molecule has 84 valence electrons. The minimum absolute atomic E-state index is 0.171. The number of rotatable bonds is 0. The van der Waals surface area contributed by atoms with E-state index in [1.54, 1.807) is 0 Å². The summed E-state index contributed by atoms with van der Waals surface area (Å²) in [6.07, 6.45) is 1.50. The summed E-state index contributed by atoms with van der Waals surface area (Å²) in [5, 5.41) is 0. The lowest BCUT2D eigenvalue weighted by molar-refractivity contribution is -0.117. The van der Waals surface area contributed by atoms with E-state index in [-0.39, 0.29) is 9.45 Å². The molecule has 4 heteroatoms. The van der Waals surface area contributed by atoms with Crippen LogP contribution in [-0.2, 0) is 4.79 Å². The van der Waals surface area contributed by atoms with Gasteiger partial charge in [0, 0.05) is 6.42 Å². The summed E-state index contributed by atoms with van der Waals surface area (Å²) in [5.74, 6) is 1.04. The van der Waals surface area contributed by atoms with Crippen molar-refractivity contribution in [3.63, 3.8) is 0 Å². The Morgan fingerprint density at radius 1 is 1.50 bits per heavy atom. The molecule has 3 rings (SSSR count). The number of hydrogen-bond acceptors (Lipinski definition) is 2. The van der Waals surface area contributed by atoms with Crippen molar-refractivity contribution in [2.45, 2.75) is 23.3 Å². The summed E-state index contributed by atoms with van der Waals surface area (Å²) < 4.78 is 5.57. The van der Waals surface area contributed by atoms with Crippen LogP contribution in [0.1, 0.15) is 18.4 Å². The topological polar surface area (TPSA) is 29.5 Å². The van der Waals surface area contributed by atoms with Gasteiger partial charge in [0.2, 0.25) is 5.91 Å². The molecule has 2 aliphatic rings. The van der Waals surface area contributed by atoms with Crippen LogP contribution >= 0.6 is 22.6 Å². The van der Waals surface area contributed by atoms with Crippen molar-refractivity contribution in [2.24, 2.45) is 0 Å². The average molecular weight is 329 g/mol. The van der Waals surface area contributed by atoms with Crippen LogP contribution in [0.5, 0.6) is 5.75 Å². The third kappa shape index (κ3) is 1.35. The van der Waals surface area contributed by atoms with E-state index in [9.17, 15) is 4.79 Å². The van der Waals surface area contributed by atoms with E-state index in [2.05, 4.69) is 22.6 Å². The lowest BCUT2D eigenvalue weighted by atomic mass is 10.1. The molecular weight excluding hydrogens is 317 g/mol. The van der Waals surface area contributed by atoms with Gasteiger partial charge in [-0.3, -0.25) is 9.69 Å². The Labute approximate surface area is 108 Å². The standard InChI is InChI=1S/C12H12INO2/c1-8-2-3-10-9(6-8)14-11(15)4-5-12(14,13)7-16-10/h2-3,6H,4-5,7H2,1H3/t12-/m1/s1. The van der Waals surface area contributed by atoms with Crippen molar-refractivity contribution in [1.29, 1.82) is 0 Å². The SMILES string of the molecule is Cc1ccc2c(c1)N1C(=O)CC[C@]1(I)CO2. The first kappa shape index (κ1) is 10.4. The van der Waals surface area contributed by atoms with E-state index in [0.717, 1.165) is 23.4 Å². The number of carbonyl (C=O) groups excluding carboxylic acids is 1. The maximum Gasteiger partial charge on any atom is 0.228 e. The zero-order chi connectivity index (χ0) is 11.3. The molecule has 2 heterocycles. The number of carbonyl (C=O) groups is 1. The Morgan fingerprint density at radius 3 is 3.12 bits per heavy atom. The molecule has 0 spiro atoms. The van der Waals surface area contributed by atoms with E-state index in [1.165, 1.54) is 0 Å². The fraction of sp³-hybridized carbons (Fsp3) is 0.417. The molecule has 1 atom stereocenters. The monoisotopic (exact) mass is 329 g/mol. The highest BCUT2D eigenvalue weighted by molar-refractivity contribution is 14.1. The first-order valence-electron chi connectivity index (χ1n) is 5.36. The highest BCUT2D eigenvalue weighted by atomic mass is 127. The third-order valence-electron chi connectivity index (χ3n) is 3.18. The fourth-order valence-corrected chi connectivity index (χ4v) is 3.30. The second-order valence-electron chi connectivity index (χ2n) is 4.41. The minimum Gasteiger partial charge on any atom is -0.488 e. The number of halogens is 1. The first-order chi connectivity index (χ1) is 7.60. The van der Waals surface area contributed by atoms with Crippen LogP contribution in [0.4, 0.5) is 5.69 Å². The lowest BCUT2D eigenvalue weighted by Gasteiger charge is -2.38.